The Kier molecular flexibility index (Phi) is 3.53. The average molecular weight is 323 g/mol. The summed E-state index contributed by atoms with van der Waals surface area (Å²) in [5.74, 6) is 0. The van der Waals surface area contributed by atoms with E-state index in [1.54, 1.807) is 12.1 Å². The third kappa shape index (κ3) is 2.91. The van der Waals surface area contributed by atoms with Crippen LogP contribution in [0.4, 0.5) is 24.0 Å². The molecule has 0 aliphatic carbocycles. The highest BCUT2D eigenvalue weighted by molar-refractivity contribution is 7.21. The van der Waals surface area contributed by atoms with Crippen molar-refractivity contribution < 1.29 is 13.2 Å². The van der Waals surface area contributed by atoms with Gasteiger partial charge in [0.05, 0.1) is 10.9 Å². The molecule has 4 nitrogen and oxygen atoms in total. The van der Waals surface area contributed by atoms with Gasteiger partial charge in [-0.3, -0.25) is 4.79 Å². The molecular weight excluding hydrogens is 315 g/mol. The maximum absolute atomic E-state index is 12.7. The molecule has 0 aliphatic rings. The molecule has 0 bridgehead atoms. The van der Waals surface area contributed by atoms with E-state index in [-0.39, 0.29) is 10.8 Å². The molecular formula is C14H8F3N3OS. The number of nitrogens with zero attached hydrogens (tertiary/aromatic N) is 2. The van der Waals surface area contributed by atoms with Crippen molar-refractivity contribution in [3.63, 3.8) is 0 Å². The molecule has 1 N–H and O–H groups in total. The average Bonchev–Trinajstić information content (AvgIpc) is 2.47. The quantitative estimate of drug-likeness (QED) is 0.779. The Bertz CT molecular complexity index is 892. The molecule has 0 spiro atoms. The van der Waals surface area contributed by atoms with Gasteiger partial charge in [0.25, 0.3) is 5.56 Å². The SMILES string of the molecule is O=c1nc(Nc2cccc(C(F)(F)F)c2)sc2ncccc12. The zero-order valence-electron chi connectivity index (χ0n) is 10.9. The second-order valence-electron chi connectivity index (χ2n) is 4.38. The van der Waals surface area contributed by atoms with Gasteiger partial charge in [-0.05, 0) is 30.3 Å². The maximum atomic E-state index is 12.7. The van der Waals surface area contributed by atoms with E-state index in [2.05, 4.69) is 15.3 Å². The number of anilines is 2. The Labute approximate surface area is 126 Å². The number of aromatic nitrogens is 2. The molecule has 0 amide bonds. The number of alkyl halides is 3. The van der Waals surface area contributed by atoms with Crippen LogP contribution < -0.4 is 10.9 Å². The van der Waals surface area contributed by atoms with Gasteiger partial charge >= 0.3 is 6.18 Å². The smallest absolute Gasteiger partial charge is 0.331 e. The molecule has 0 radical (unpaired) electrons. The molecule has 0 unspecified atom stereocenters. The third-order valence-electron chi connectivity index (χ3n) is 2.84. The van der Waals surface area contributed by atoms with Gasteiger partial charge in [-0.1, -0.05) is 17.4 Å². The summed E-state index contributed by atoms with van der Waals surface area (Å²) in [6.07, 6.45) is -2.89. The summed E-state index contributed by atoms with van der Waals surface area (Å²) in [5.41, 5.74) is -1.05. The molecule has 112 valence electrons. The van der Waals surface area contributed by atoms with E-state index in [0.29, 0.717) is 10.2 Å². The molecule has 3 rings (SSSR count). The molecule has 8 heteroatoms. The first kappa shape index (κ1) is 14.5. The van der Waals surface area contributed by atoms with Crippen LogP contribution >= 0.6 is 11.3 Å². The summed E-state index contributed by atoms with van der Waals surface area (Å²) in [6, 6.07) is 7.91. The monoisotopic (exact) mass is 323 g/mol. The summed E-state index contributed by atoms with van der Waals surface area (Å²) in [7, 11) is 0. The molecule has 0 saturated carbocycles. The maximum Gasteiger partial charge on any atom is 0.416 e. The van der Waals surface area contributed by atoms with Crippen LogP contribution in [-0.4, -0.2) is 9.97 Å². The second-order valence-corrected chi connectivity index (χ2v) is 5.36. The topological polar surface area (TPSA) is 54.9 Å². The fourth-order valence-corrected chi connectivity index (χ4v) is 2.71. The van der Waals surface area contributed by atoms with Crippen molar-refractivity contribution in [1.82, 2.24) is 9.97 Å². The van der Waals surface area contributed by atoms with Gasteiger partial charge in [-0.2, -0.15) is 18.2 Å². The van der Waals surface area contributed by atoms with Gasteiger partial charge in [0.2, 0.25) is 0 Å². The number of pyridine rings is 1. The first-order valence-electron chi connectivity index (χ1n) is 6.14. The highest BCUT2D eigenvalue weighted by atomic mass is 32.1. The molecule has 3 aromatic rings. The van der Waals surface area contributed by atoms with Crippen molar-refractivity contribution >= 4 is 32.4 Å². The van der Waals surface area contributed by atoms with Gasteiger partial charge in [0.1, 0.15) is 4.83 Å². The lowest BCUT2D eigenvalue weighted by Crippen LogP contribution is -2.09. The van der Waals surface area contributed by atoms with E-state index in [1.807, 2.05) is 0 Å². The van der Waals surface area contributed by atoms with Crippen LogP contribution in [-0.2, 0) is 6.18 Å². The van der Waals surface area contributed by atoms with E-state index in [0.717, 1.165) is 23.5 Å². The van der Waals surface area contributed by atoms with Crippen LogP contribution in [0.2, 0.25) is 0 Å². The molecule has 0 saturated heterocycles. The summed E-state index contributed by atoms with van der Waals surface area (Å²) in [5, 5.41) is 3.28. The van der Waals surface area contributed by atoms with Crippen molar-refractivity contribution in [3.05, 3.63) is 58.5 Å². The Morgan fingerprint density at radius 1 is 1.14 bits per heavy atom. The van der Waals surface area contributed by atoms with Gasteiger partial charge < -0.3 is 5.32 Å². The first-order valence-corrected chi connectivity index (χ1v) is 6.95. The predicted molar refractivity (Wildman–Crippen MR) is 78.4 cm³/mol. The predicted octanol–water partition coefficient (Wildman–Crippen LogP) is 3.81. The van der Waals surface area contributed by atoms with E-state index in [1.165, 1.54) is 18.3 Å². The number of benzene rings is 1. The van der Waals surface area contributed by atoms with Gasteiger partial charge in [-0.25, -0.2) is 4.98 Å². The minimum Gasteiger partial charge on any atom is -0.331 e. The van der Waals surface area contributed by atoms with Crippen molar-refractivity contribution in [3.8, 4) is 0 Å². The Morgan fingerprint density at radius 2 is 1.95 bits per heavy atom. The van der Waals surface area contributed by atoms with Crippen LogP contribution in [0.25, 0.3) is 10.2 Å². The van der Waals surface area contributed by atoms with E-state index in [9.17, 15) is 18.0 Å². The Balaban J connectivity index is 1.98. The van der Waals surface area contributed by atoms with Gasteiger partial charge in [0.15, 0.2) is 5.13 Å². The summed E-state index contributed by atoms with van der Waals surface area (Å²) < 4.78 is 38.0. The number of rotatable bonds is 2. The zero-order valence-corrected chi connectivity index (χ0v) is 11.7. The molecule has 1 aromatic carbocycles. The van der Waals surface area contributed by atoms with E-state index in [4.69, 9.17) is 0 Å². The van der Waals surface area contributed by atoms with Gasteiger partial charge in [-0.15, -0.1) is 0 Å². The van der Waals surface area contributed by atoms with Crippen LogP contribution in [0.5, 0.6) is 0 Å². The minimum atomic E-state index is -4.43. The van der Waals surface area contributed by atoms with Crippen molar-refractivity contribution in [1.29, 1.82) is 0 Å². The Morgan fingerprint density at radius 3 is 2.73 bits per heavy atom. The van der Waals surface area contributed by atoms with Crippen LogP contribution in [0.1, 0.15) is 5.56 Å². The fraction of sp³-hybridized carbons (Fsp3) is 0.0714. The van der Waals surface area contributed by atoms with E-state index >= 15 is 0 Å². The van der Waals surface area contributed by atoms with E-state index < -0.39 is 17.3 Å². The number of nitrogens with one attached hydrogen (secondary N) is 1. The van der Waals surface area contributed by atoms with Crippen LogP contribution in [0.3, 0.4) is 0 Å². The fourth-order valence-electron chi connectivity index (χ4n) is 1.85. The Hall–Kier alpha value is -2.48. The van der Waals surface area contributed by atoms with Crippen molar-refractivity contribution in [2.45, 2.75) is 6.18 Å². The second kappa shape index (κ2) is 5.38. The zero-order chi connectivity index (χ0) is 15.7. The first-order chi connectivity index (χ1) is 10.4. The molecule has 2 heterocycles. The van der Waals surface area contributed by atoms with Crippen molar-refractivity contribution in [2.75, 3.05) is 5.32 Å². The normalized spacial score (nSPS) is 11.6. The molecule has 0 aliphatic heterocycles. The molecule has 2 aromatic heterocycles. The largest absolute Gasteiger partial charge is 0.416 e. The number of fused-ring (bicyclic) bond motifs is 1. The molecule has 22 heavy (non-hydrogen) atoms. The highest BCUT2D eigenvalue weighted by Crippen LogP contribution is 2.31. The summed E-state index contributed by atoms with van der Waals surface area (Å²) in [4.78, 5) is 20.2. The third-order valence-corrected chi connectivity index (χ3v) is 3.74. The number of halogens is 3. The number of hydrogen-bond donors (Lipinski definition) is 1. The number of hydrogen-bond acceptors (Lipinski definition) is 5. The summed E-state index contributed by atoms with van der Waals surface area (Å²) in [6.45, 7) is 0. The lowest BCUT2D eigenvalue weighted by Gasteiger charge is -2.09. The lowest BCUT2D eigenvalue weighted by molar-refractivity contribution is -0.137. The van der Waals surface area contributed by atoms with Gasteiger partial charge in [0, 0.05) is 11.9 Å². The standard InChI is InChI=1S/C14H8F3N3OS/c15-14(16,17)8-3-1-4-9(7-8)19-13-20-11(21)10-5-2-6-18-12(10)22-13/h1-7H,(H,19,20,21). The highest BCUT2D eigenvalue weighted by Gasteiger charge is 2.30. The summed E-state index contributed by atoms with van der Waals surface area (Å²) >= 11 is 1.09. The molecule has 0 atom stereocenters. The van der Waals surface area contributed by atoms with Crippen LogP contribution in [0.15, 0.2) is 47.4 Å². The molecule has 0 fully saturated rings. The lowest BCUT2D eigenvalue weighted by atomic mass is 10.2. The van der Waals surface area contributed by atoms with Crippen molar-refractivity contribution in [2.24, 2.45) is 0 Å². The minimum absolute atomic E-state index is 0.190. The van der Waals surface area contributed by atoms with Crippen LogP contribution in [0, 0.1) is 0 Å².